The zero-order valence-corrected chi connectivity index (χ0v) is 17.6. The largest absolute Gasteiger partial charge is 0.496 e. The third-order valence-electron chi connectivity index (χ3n) is 4.55. The molecule has 6 nitrogen and oxygen atoms in total. The van der Waals surface area contributed by atoms with Gasteiger partial charge in [0, 0.05) is 34.0 Å². The monoisotopic (exact) mass is 429 g/mol. The van der Waals surface area contributed by atoms with Crippen molar-refractivity contribution in [3.8, 4) is 0 Å². The molecule has 0 saturated carbocycles. The van der Waals surface area contributed by atoms with Gasteiger partial charge in [-0.1, -0.05) is 30.7 Å². The molecule has 0 aromatic carbocycles. The minimum atomic E-state index is -1.13. The van der Waals surface area contributed by atoms with Gasteiger partial charge in [0.1, 0.15) is 11.5 Å². The summed E-state index contributed by atoms with van der Waals surface area (Å²) in [5.41, 5.74) is 3.74. The van der Waals surface area contributed by atoms with Gasteiger partial charge in [-0.3, -0.25) is 0 Å². The summed E-state index contributed by atoms with van der Waals surface area (Å²) >= 11 is 6.16. The molecule has 0 unspecified atom stereocenters. The van der Waals surface area contributed by atoms with E-state index in [2.05, 4.69) is 9.93 Å². The van der Waals surface area contributed by atoms with Crippen molar-refractivity contribution in [2.75, 3.05) is 7.11 Å². The Labute approximate surface area is 178 Å². The van der Waals surface area contributed by atoms with Crippen LogP contribution in [0.15, 0.2) is 54.4 Å². The minimum absolute atomic E-state index is 0.105. The molecule has 156 valence electrons. The van der Waals surface area contributed by atoms with Crippen molar-refractivity contribution < 1.29 is 19.0 Å². The first-order valence-corrected chi connectivity index (χ1v) is 9.77. The van der Waals surface area contributed by atoms with Crippen LogP contribution in [0.2, 0.25) is 5.02 Å². The first-order valence-electron chi connectivity index (χ1n) is 9.39. The van der Waals surface area contributed by atoms with Crippen LogP contribution in [0.1, 0.15) is 47.7 Å². The Morgan fingerprint density at radius 1 is 1.30 bits per heavy atom. The average Bonchev–Trinajstić information content (AvgIpc) is 3.10. The molecule has 0 bridgehead atoms. The van der Waals surface area contributed by atoms with Gasteiger partial charge in [-0.2, -0.15) is 5.10 Å². The van der Waals surface area contributed by atoms with Crippen molar-refractivity contribution in [2.45, 2.75) is 26.7 Å². The number of aromatic nitrogens is 3. The molecule has 3 aromatic rings. The number of carbonyl (C=O) groups is 1. The molecule has 0 radical (unpaired) electrons. The molecule has 0 spiro atoms. The smallest absolute Gasteiger partial charge is 0.397 e. The molecule has 0 N–H and O–H groups in total. The van der Waals surface area contributed by atoms with Gasteiger partial charge in [-0.25, -0.2) is 19.2 Å². The summed E-state index contributed by atoms with van der Waals surface area (Å²) < 4.78 is 19.6. The lowest BCUT2D eigenvalue weighted by molar-refractivity contribution is -0.0793. The minimum Gasteiger partial charge on any atom is -0.496 e. The van der Waals surface area contributed by atoms with E-state index in [1.807, 2.05) is 32.1 Å². The molecule has 0 saturated heterocycles. The number of nitrogens with zero attached hydrogens (tertiary/aromatic N) is 3. The van der Waals surface area contributed by atoms with Crippen LogP contribution in [-0.4, -0.2) is 27.7 Å². The van der Waals surface area contributed by atoms with E-state index in [0.29, 0.717) is 28.6 Å². The fourth-order valence-corrected chi connectivity index (χ4v) is 3.44. The SMILES string of the molecule is C/C=C(OC)\C(=C/CC)c1nn2cc(Cl)ccc2c1Cc1cccc(C(=O)OF)n1. The number of rotatable bonds is 7. The number of pyridine rings is 2. The lowest BCUT2D eigenvalue weighted by Crippen LogP contribution is -2.05. The highest BCUT2D eigenvalue weighted by atomic mass is 35.5. The molecule has 0 aliphatic rings. The zero-order chi connectivity index (χ0) is 21.7. The number of ether oxygens (including phenoxy) is 1. The molecule has 0 aliphatic heterocycles. The Bertz CT molecular complexity index is 1140. The molecule has 0 fully saturated rings. The van der Waals surface area contributed by atoms with E-state index in [0.717, 1.165) is 23.1 Å². The molecule has 30 heavy (non-hydrogen) atoms. The Morgan fingerprint density at radius 3 is 2.77 bits per heavy atom. The number of carbonyl (C=O) groups excluding carboxylic acids is 1. The molecule has 0 aliphatic carbocycles. The molecule has 0 atom stereocenters. The Kier molecular flexibility index (Phi) is 6.84. The molecule has 3 rings (SSSR count). The van der Waals surface area contributed by atoms with Crippen LogP contribution in [-0.2, 0) is 16.1 Å². The fourth-order valence-electron chi connectivity index (χ4n) is 3.28. The van der Waals surface area contributed by atoms with Crippen molar-refractivity contribution >= 4 is 28.7 Å². The highest BCUT2D eigenvalue weighted by molar-refractivity contribution is 6.30. The molecule has 8 heteroatoms. The van der Waals surface area contributed by atoms with Gasteiger partial charge in [0.2, 0.25) is 0 Å². The van der Waals surface area contributed by atoms with E-state index in [4.69, 9.17) is 21.4 Å². The summed E-state index contributed by atoms with van der Waals surface area (Å²) in [6, 6.07) is 8.44. The second kappa shape index (κ2) is 9.54. The van der Waals surface area contributed by atoms with Crippen LogP contribution in [0, 0.1) is 0 Å². The molecule has 0 amide bonds. The van der Waals surface area contributed by atoms with Gasteiger partial charge in [-0.15, -0.1) is 0 Å². The second-order valence-corrected chi connectivity index (χ2v) is 6.88. The van der Waals surface area contributed by atoms with E-state index >= 15 is 0 Å². The standard InChI is InChI=1S/C22H21ClFN3O3/c1-4-7-16(20(5-2)29-3)21-17(19-11-10-14(23)13-27(19)26-21)12-15-8-6-9-18(25-15)22(28)30-24/h5-11,13H,4,12H2,1-3H3/b16-7+,20-5+. The number of halogens is 2. The van der Waals surface area contributed by atoms with Gasteiger partial charge in [0.05, 0.1) is 17.6 Å². The van der Waals surface area contributed by atoms with Gasteiger partial charge in [0.25, 0.3) is 0 Å². The van der Waals surface area contributed by atoms with Crippen LogP contribution >= 0.6 is 11.6 Å². The van der Waals surface area contributed by atoms with Crippen LogP contribution in [0.5, 0.6) is 0 Å². The highest BCUT2D eigenvalue weighted by Gasteiger charge is 2.21. The quantitative estimate of drug-likeness (QED) is 0.373. The predicted octanol–water partition coefficient (Wildman–Crippen LogP) is 5.36. The van der Waals surface area contributed by atoms with E-state index in [1.165, 1.54) is 6.07 Å². The summed E-state index contributed by atoms with van der Waals surface area (Å²) in [5.74, 6) is -0.443. The Balaban J connectivity index is 2.19. The number of methoxy groups -OCH3 is 1. The fraction of sp³-hybridized carbons (Fsp3) is 0.227. The normalized spacial score (nSPS) is 12.3. The summed E-state index contributed by atoms with van der Waals surface area (Å²) in [7, 11) is 1.61. The molecular formula is C22H21ClFN3O3. The molecular weight excluding hydrogens is 409 g/mol. The van der Waals surface area contributed by atoms with Crippen LogP contribution < -0.4 is 0 Å². The third-order valence-corrected chi connectivity index (χ3v) is 4.77. The van der Waals surface area contributed by atoms with E-state index < -0.39 is 5.97 Å². The second-order valence-electron chi connectivity index (χ2n) is 6.44. The molecule has 3 heterocycles. The Morgan fingerprint density at radius 2 is 2.10 bits per heavy atom. The van der Waals surface area contributed by atoms with Crippen molar-refractivity contribution in [1.29, 1.82) is 0 Å². The summed E-state index contributed by atoms with van der Waals surface area (Å²) in [6.07, 6.45) is 6.77. The average molecular weight is 430 g/mol. The van der Waals surface area contributed by atoms with Gasteiger partial charge < -0.3 is 4.74 Å². The predicted molar refractivity (Wildman–Crippen MR) is 113 cm³/mol. The maximum Gasteiger partial charge on any atom is 0.397 e. The van der Waals surface area contributed by atoms with E-state index in [9.17, 15) is 9.32 Å². The lowest BCUT2D eigenvalue weighted by Gasteiger charge is -2.11. The number of allylic oxidation sites excluding steroid dienone is 3. The summed E-state index contributed by atoms with van der Waals surface area (Å²) in [4.78, 5) is 19.1. The van der Waals surface area contributed by atoms with Gasteiger partial charge >= 0.3 is 5.97 Å². The zero-order valence-electron chi connectivity index (χ0n) is 16.9. The van der Waals surface area contributed by atoms with E-state index in [-0.39, 0.29) is 5.69 Å². The topological polar surface area (TPSA) is 65.7 Å². The molecule has 3 aromatic heterocycles. The van der Waals surface area contributed by atoms with Crippen molar-refractivity contribution in [3.05, 3.63) is 82.1 Å². The van der Waals surface area contributed by atoms with Gasteiger partial charge in [0.15, 0.2) is 5.69 Å². The summed E-state index contributed by atoms with van der Waals surface area (Å²) in [5, 5.41) is 5.29. The first kappa shape index (κ1) is 21.5. The van der Waals surface area contributed by atoms with Crippen molar-refractivity contribution in [1.82, 2.24) is 14.6 Å². The Hall–Kier alpha value is -3.19. The lowest BCUT2D eigenvalue weighted by atomic mass is 10.00. The maximum absolute atomic E-state index is 12.3. The van der Waals surface area contributed by atoms with Crippen molar-refractivity contribution in [3.63, 3.8) is 0 Å². The maximum atomic E-state index is 12.3. The van der Waals surface area contributed by atoms with Crippen LogP contribution in [0.4, 0.5) is 4.53 Å². The number of fused-ring (bicyclic) bond motifs is 1. The van der Waals surface area contributed by atoms with Crippen molar-refractivity contribution in [2.24, 2.45) is 0 Å². The third kappa shape index (κ3) is 4.36. The number of hydrogen-bond donors (Lipinski definition) is 0. The highest BCUT2D eigenvalue weighted by Crippen LogP contribution is 2.31. The first-order chi connectivity index (χ1) is 14.5. The van der Waals surface area contributed by atoms with Crippen LogP contribution in [0.3, 0.4) is 0 Å². The number of hydrogen-bond acceptors (Lipinski definition) is 5. The summed E-state index contributed by atoms with van der Waals surface area (Å²) in [6.45, 7) is 3.92. The van der Waals surface area contributed by atoms with E-state index in [1.54, 1.807) is 36.0 Å². The van der Waals surface area contributed by atoms with Gasteiger partial charge in [-0.05, 0) is 43.7 Å². The van der Waals surface area contributed by atoms with Crippen LogP contribution in [0.25, 0.3) is 11.1 Å².